The van der Waals surface area contributed by atoms with Crippen LogP contribution in [-0.4, -0.2) is 20.7 Å². The van der Waals surface area contributed by atoms with Crippen LogP contribution in [0.25, 0.3) is 27.8 Å². The van der Waals surface area contributed by atoms with E-state index in [2.05, 4.69) is 41.4 Å². The topological polar surface area (TPSA) is 59.8 Å². The minimum Gasteiger partial charge on any atom is -0.319 e. The second-order valence-electron chi connectivity index (χ2n) is 8.32. The summed E-state index contributed by atoms with van der Waals surface area (Å²) in [5, 5.41) is 9.74. The molecular formula is C28H24N4O. The molecular weight excluding hydrogens is 408 g/mol. The summed E-state index contributed by atoms with van der Waals surface area (Å²) >= 11 is 0. The van der Waals surface area contributed by atoms with Crippen molar-refractivity contribution in [3.8, 4) is 17.1 Å². The Morgan fingerprint density at radius 2 is 1.61 bits per heavy atom. The lowest BCUT2D eigenvalue weighted by Crippen LogP contribution is -2.14. The van der Waals surface area contributed by atoms with E-state index >= 15 is 0 Å². The van der Waals surface area contributed by atoms with Crippen molar-refractivity contribution in [2.75, 3.05) is 5.32 Å². The lowest BCUT2D eigenvalue weighted by Gasteiger charge is -2.09. The molecule has 0 saturated carbocycles. The molecule has 1 amide bonds. The van der Waals surface area contributed by atoms with Crippen LogP contribution in [0.15, 0.2) is 84.9 Å². The number of nitrogens with zero attached hydrogens (tertiary/aromatic N) is 3. The molecule has 33 heavy (non-hydrogen) atoms. The smallest absolute Gasteiger partial charge is 0.295 e. The molecule has 5 rings (SSSR count). The van der Waals surface area contributed by atoms with Crippen LogP contribution < -0.4 is 5.32 Å². The SMILES string of the molecule is Cc1cccc(-c2nc(C(=O)Nc3ccc4ccccc4c3)nn2-c2ccc(C)c(C)c2)c1. The summed E-state index contributed by atoms with van der Waals surface area (Å²) in [5.41, 5.74) is 5.95. The highest BCUT2D eigenvalue weighted by atomic mass is 16.2. The van der Waals surface area contributed by atoms with E-state index in [1.54, 1.807) is 4.68 Å². The maximum absolute atomic E-state index is 13.1. The van der Waals surface area contributed by atoms with Gasteiger partial charge >= 0.3 is 0 Å². The summed E-state index contributed by atoms with van der Waals surface area (Å²) < 4.78 is 1.75. The highest BCUT2D eigenvalue weighted by Crippen LogP contribution is 2.24. The van der Waals surface area contributed by atoms with Crippen molar-refractivity contribution in [1.82, 2.24) is 14.8 Å². The van der Waals surface area contributed by atoms with Crippen molar-refractivity contribution < 1.29 is 4.79 Å². The summed E-state index contributed by atoms with van der Waals surface area (Å²) in [4.78, 5) is 17.8. The normalized spacial score (nSPS) is 11.0. The van der Waals surface area contributed by atoms with Crippen LogP contribution in [0.1, 0.15) is 27.3 Å². The minimum absolute atomic E-state index is 0.123. The Labute approximate surface area is 192 Å². The summed E-state index contributed by atoms with van der Waals surface area (Å²) in [6, 6.07) is 28.1. The molecule has 0 aliphatic carbocycles. The quantitative estimate of drug-likeness (QED) is 0.364. The van der Waals surface area contributed by atoms with E-state index in [0.29, 0.717) is 11.5 Å². The Hall–Kier alpha value is -4.25. The van der Waals surface area contributed by atoms with Crippen LogP contribution in [-0.2, 0) is 0 Å². The molecule has 0 atom stereocenters. The lowest BCUT2D eigenvalue weighted by molar-refractivity contribution is 0.101. The molecule has 5 nitrogen and oxygen atoms in total. The summed E-state index contributed by atoms with van der Waals surface area (Å²) in [6.45, 7) is 6.17. The van der Waals surface area contributed by atoms with Gasteiger partial charge in [-0.1, -0.05) is 60.2 Å². The molecule has 5 aromatic rings. The third-order valence-electron chi connectivity index (χ3n) is 5.83. The average Bonchev–Trinajstić information content (AvgIpc) is 3.27. The minimum atomic E-state index is -0.346. The molecule has 1 N–H and O–H groups in total. The standard InChI is InChI=1S/C28H24N4O/c1-18-7-6-10-23(15-18)27-30-26(31-32(27)25-14-11-19(2)20(3)16-25)28(33)29-24-13-12-21-8-4-5-9-22(21)17-24/h4-17H,1-3H3,(H,29,33). The van der Waals surface area contributed by atoms with Crippen molar-refractivity contribution in [2.45, 2.75) is 20.8 Å². The average molecular weight is 433 g/mol. The molecule has 4 aromatic carbocycles. The lowest BCUT2D eigenvalue weighted by atomic mass is 10.1. The largest absolute Gasteiger partial charge is 0.319 e. The molecule has 0 fully saturated rings. The summed E-state index contributed by atoms with van der Waals surface area (Å²) in [5.74, 6) is 0.408. The van der Waals surface area contributed by atoms with Gasteiger partial charge in [0.25, 0.3) is 5.91 Å². The molecule has 0 aliphatic rings. The van der Waals surface area contributed by atoms with Crippen LogP contribution in [0.4, 0.5) is 5.69 Å². The molecule has 0 spiro atoms. The first kappa shape index (κ1) is 20.6. The van der Waals surface area contributed by atoms with E-state index in [1.807, 2.05) is 79.7 Å². The Kier molecular flexibility index (Phi) is 5.23. The highest BCUT2D eigenvalue weighted by Gasteiger charge is 2.19. The third-order valence-corrected chi connectivity index (χ3v) is 5.83. The number of fused-ring (bicyclic) bond motifs is 1. The van der Waals surface area contributed by atoms with Crippen LogP contribution in [0.3, 0.4) is 0 Å². The van der Waals surface area contributed by atoms with E-state index < -0.39 is 0 Å². The number of carbonyl (C=O) groups excluding carboxylic acids is 1. The zero-order valence-corrected chi connectivity index (χ0v) is 18.8. The maximum Gasteiger partial charge on any atom is 0.295 e. The molecule has 0 saturated heterocycles. The molecule has 0 unspecified atom stereocenters. The first-order valence-corrected chi connectivity index (χ1v) is 10.9. The van der Waals surface area contributed by atoms with Gasteiger partial charge < -0.3 is 5.32 Å². The van der Waals surface area contributed by atoms with Crippen molar-refractivity contribution in [1.29, 1.82) is 0 Å². The van der Waals surface area contributed by atoms with Gasteiger partial charge in [0.05, 0.1) is 5.69 Å². The Balaban J connectivity index is 1.55. The molecule has 1 heterocycles. The Morgan fingerprint density at radius 3 is 2.39 bits per heavy atom. The third kappa shape index (κ3) is 4.13. The van der Waals surface area contributed by atoms with Crippen molar-refractivity contribution in [3.05, 3.63) is 107 Å². The van der Waals surface area contributed by atoms with E-state index in [-0.39, 0.29) is 11.7 Å². The van der Waals surface area contributed by atoms with Crippen molar-refractivity contribution >= 4 is 22.4 Å². The van der Waals surface area contributed by atoms with Crippen LogP contribution in [0.2, 0.25) is 0 Å². The number of aryl methyl sites for hydroxylation is 3. The number of aromatic nitrogens is 3. The monoisotopic (exact) mass is 432 g/mol. The van der Waals surface area contributed by atoms with E-state index in [0.717, 1.165) is 33.2 Å². The van der Waals surface area contributed by atoms with Gasteiger partial charge in [0, 0.05) is 11.3 Å². The van der Waals surface area contributed by atoms with E-state index in [1.165, 1.54) is 5.56 Å². The number of amides is 1. The first-order valence-electron chi connectivity index (χ1n) is 10.9. The number of rotatable bonds is 4. The van der Waals surface area contributed by atoms with Gasteiger partial charge in [0.15, 0.2) is 5.82 Å². The predicted molar refractivity (Wildman–Crippen MR) is 133 cm³/mol. The second kappa shape index (κ2) is 8.36. The second-order valence-corrected chi connectivity index (χ2v) is 8.32. The van der Waals surface area contributed by atoms with Gasteiger partial charge in [-0.3, -0.25) is 4.79 Å². The summed E-state index contributed by atoms with van der Waals surface area (Å²) in [6.07, 6.45) is 0. The fraction of sp³-hybridized carbons (Fsp3) is 0.107. The summed E-state index contributed by atoms with van der Waals surface area (Å²) in [7, 11) is 0. The number of hydrogen-bond acceptors (Lipinski definition) is 3. The van der Waals surface area contributed by atoms with Gasteiger partial charge in [-0.2, -0.15) is 0 Å². The van der Waals surface area contributed by atoms with E-state index in [4.69, 9.17) is 0 Å². The molecule has 0 bridgehead atoms. The number of carbonyl (C=O) groups is 1. The zero-order valence-electron chi connectivity index (χ0n) is 18.8. The fourth-order valence-corrected chi connectivity index (χ4v) is 3.87. The molecule has 1 aromatic heterocycles. The number of hydrogen-bond donors (Lipinski definition) is 1. The van der Waals surface area contributed by atoms with Gasteiger partial charge in [0.1, 0.15) is 0 Å². The number of nitrogens with one attached hydrogen (secondary N) is 1. The predicted octanol–water partition coefficient (Wildman–Crippen LogP) is 6.27. The van der Waals surface area contributed by atoms with Crippen LogP contribution >= 0.6 is 0 Å². The maximum atomic E-state index is 13.1. The van der Waals surface area contributed by atoms with Gasteiger partial charge in [0.2, 0.25) is 5.82 Å². The van der Waals surface area contributed by atoms with Gasteiger partial charge in [-0.15, -0.1) is 5.10 Å². The first-order chi connectivity index (χ1) is 16.0. The van der Waals surface area contributed by atoms with Gasteiger partial charge in [-0.25, -0.2) is 9.67 Å². The van der Waals surface area contributed by atoms with Crippen molar-refractivity contribution in [3.63, 3.8) is 0 Å². The van der Waals surface area contributed by atoms with Gasteiger partial charge in [-0.05, 0) is 73.0 Å². The number of benzene rings is 4. The van der Waals surface area contributed by atoms with E-state index in [9.17, 15) is 4.79 Å². The highest BCUT2D eigenvalue weighted by molar-refractivity contribution is 6.03. The molecule has 5 heteroatoms. The number of anilines is 1. The van der Waals surface area contributed by atoms with Crippen molar-refractivity contribution in [2.24, 2.45) is 0 Å². The molecule has 162 valence electrons. The Morgan fingerprint density at radius 1 is 0.788 bits per heavy atom. The van der Waals surface area contributed by atoms with Crippen LogP contribution in [0, 0.1) is 20.8 Å². The molecule has 0 radical (unpaired) electrons. The fourth-order valence-electron chi connectivity index (χ4n) is 3.87. The Bertz CT molecular complexity index is 1500. The zero-order chi connectivity index (χ0) is 22.9. The van der Waals surface area contributed by atoms with Crippen LogP contribution in [0.5, 0.6) is 0 Å². The molecule has 0 aliphatic heterocycles.